The van der Waals surface area contributed by atoms with Gasteiger partial charge in [0.25, 0.3) is 5.95 Å². The Labute approximate surface area is 88.2 Å². The van der Waals surface area contributed by atoms with Crippen molar-refractivity contribution < 1.29 is 9.26 Å². The summed E-state index contributed by atoms with van der Waals surface area (Å²) in [6, 6.07) is 0. The minimum atomic E-state index is -0.614. The van der Waals surface area contributed by atoms with Gasteiger partial charge in [0.15, 0.2) is 0 Å². The lowest BCUT2D eigenvalue weighted by Gasteiger charge is -2.12. The number of hydrogen-bond acceptors (Lipinski definition) is 6. The first kappa shape index (κ1) is 13.7. The van der Waals surface area contributed by atoms with Crippen molar-refractivity contribution in [2.24, 2.45) is 5.84 Å². The maximum absolute atomic E-state index is 10.5. The van der Waals surface area contributed by atoms with Crippen LogP contribution in [-0.4, -0.2) is 30.4 Å². The first-order valence-electron chi connectivity index (χ1n) is 4.81. The van der Waals surface area contributed by atoms with Crippen LogP contribution in [0.2, 0.25) is 0 Å². The first-order chi connectivity index (χ1) is 7.24. The molecule has 0 atom stereocenters. The van der Waals surface area contributed by atoms with Crippen LogP contribution in [0.5, 0.6) is 0 Å². The first-order valence-corrected chi connectivity index (χ1v) is 4.81. The summed E-state index contributed by atoms with van der Waals surface area (Å²) >= 11 is 0. The van der Waals surface area contributed by atoms with Crippen LogP contribution in [0.15, 0.2) is 9.32 Å². The summed E-state index contributed by atoms with van der Waals surface area (Å²) in [5.74, 6) is 5.14. The van der Waals surface area contributed by atoms with E-state index < -0.39 is 5.76 Å². The summed E-state index contributed by atoms with van der Waals surface area (Å²) in [4.78, 5) is 12.9. The maximum atomic E-state index is 10.5. The van der Waals surface area contributed by atoms with Gasteiger partial charge in [-0.25, -0.2) is 10.6 Å². The Kier molecular flexibility index (Phi) is 7.29. The van der Waals surface area contributed by atoms with E-state index in [1.54, 1.807) is 7.11 Å². The van der Waals surface area contributed by atoms with Crippen molar-refractivity contribution >= 4 is 5.95 Å². The second kappa shape index (κ2) is 8.01. The molecule has 1 aromatic heterocycles. The number of anilines is 1. The lowest BCUT2D eigenvalue weighted by atomic mass is 10.4. The molecular formula is C8H18N4O3. The molecule has 7 heteroatoms. The van der Waals surface area contributed by atoms with E-state index >= 15 is 0 Å². The number of nitrogens with one attached hydrogen (secondary N) is 1. The average molecular weight is 218 g/mol. The molecule has 0 aromatic carbocycles. The largest absolute Gasteiger partial charge is 0.440 e. The Hall–Kier alpha value is -1.34. The molecule has 1 aromatic rings. The molecule has 0 spiro atoms. The Balaban J connectivity index is 0.000000921. The lowest BCUT2D eigenvalue weighted by Crippen LogP contribution is -2.33. The number of aromatic nitrogens is 2. The highest BCUT2D eigenvalue weighted by Gasteiger charge is 2.05. The summed E-state index contributed by atoms with van der Waals surface area (Å²) < 4.78 is 9.11. The number of H-pyrrole nitrogens is 1. The predicted octanol–water partition coefficient (Wildman–Crippen LogP) is 0.106. The van der Waals surface area contributed by atoms with Crippen LogP contribution in [0, 0.1) is 0 Å². The van der Waals surface area contributed by atoms with Crippen molar-refractivity contribution in [2.45, 2.75) is 20.3 Å². The van der Waals surface area contributed by atoms with Crippen LogP contribution in [0.3, 0.4) is 0 Å². The molecule has 0 aliphatic carbocycles. The van der Waals surface area contributed by atoms with Gasteiger partial charge in [0.05, 0.1) is 0 Å². The molecule has 1 rings (SSSR count). The molecule has 1 heterocycles. The van der Waals surface area contributed by atoms with Crippen LogP contribution in [-0.2, 0) is 4.74 Å². The van der Waals surface area contributed by atoms with E-state index in [4.69, 9.17) is 10.6 Å². The summed E-state index contributed by atoms with van der Waals surface area (Å²) in [5.41, 5.74) is 0. The van der Waals surface area contributed by atoms with Crippen molar-refractivity contribution in [1.29, 1.82) is 0 Å². The van der Waals surface area contributed by atoms with Crippen LogP contribution < -0.4 is 16.6 Å². The highest BCUT2D eigenvalue weighted by atomic mass is 16.5. The Morgan fingerprint density at radius 2 is 2.27 bits per heavy atom. The molecule has 15 heavy (non-hydrogen) atoms. The van der Waals surface area contributed by atoms with Gasteiger partial charge in [-0.2, -0.15) is 0 Å². The van der Waals surface area contributed by atoms with Gasteiger partial charge in [-0.1, -0.05) is 13.8 Å². The second-order valence-corrected chi connectivity index (χ2v) is 2.46. The highest BCUT2D eigenvalue weighted by molar-refractivity contribution is 5.22. The van der Waals surface area contributed by atoms with Gasteiger partial charge >= 0.3 is 5.76 Å². The van der Waals surface area contributed by atoms with Gasteiger partial charge in [0, 0.05) is 20.3 Å². The zero-order chi connectivity index (χ0) is 11.7. The summed E-state index contributed by atoms with van der Waals surface area (Å²) in [6.45, 7) is 5.14. The van der Waals surface area contributed by atoms with Crippen molar-refractivity contribution in [3.8, 4) is 0 Å². The SMILES string of the molecule is CC.COCCCN(N)c1noc(=O)[nH]1. The van der Waals surface area contributed by atoms with Crippen LogP contribution in [0.1, 0.15) is 20.3 Å². The number of hydrazine groups is 1. The van der Waals surface area contributed by atoms with Crippen LogP contribution in [0.4, 0.5) is 5.95 Å². The standard InChI is InChI=1S/C6H12N4O3.C2H6/c1-12-4-2-3-10(7)5-8-6(11)13-9-5;1-2/h2-4,7H2,1H3,(H,8,9,11);1-2H3. The smallest absolute Gasteiger partial charge is 0.385 e. The van der Waals surface area contributed by atoms with Crippen molar-refractivity contribution in [1.82, 2.24) is 10.1 Å². The van der Waals surface area contributed by atoms with E-state index in [0.717, 1.165) is 6.42 Å². The van der Waals surface area contributed by atoms with Gasteiger partial charge in [-0.3, -0.25) is 14.5 Å². The topological polar surface area (TPSA) is 97.4 Å². The van der Waals surface area contributed by atoms with Crippen molar-refractivity contribution in [2.75, 3.05) is 25.3 Å². The lowest BCUT2D eigenvalue weighted by molar-refractivity contribution is 0.196. The Morgan fingerprint density at radius 1 is 1.60 bits per heavy atom. The average Bonchev–Trinajstić information content (AvgIpc) is 2.68. The molecular weight excluding hydrogens is 200 g/mol. The second-order valence-electron chi connectivity index (χ2n) is 2.46. The quantitative estimate of drug-likeness (QED) is 0.413. The summed E-state index contributed by atoms with van der Waals surface area (Å²) in [5, 5.41) is 4.71. The van der Waals surface area contributed by atoms with E-state index in [9.17, 15) is 4.79 Å². The highest BCUT2D eigenvalue weighted by Crippen LogP contribution is 1.97. The molecule has 0 saturated carbocycles. The van der Waals surface area contributed by atoms with Gasteiger partial charge in [0.2, 0.25) is 0 Å². The van der Waals surface area contributed by atoms with Gasteiger partial charge < -0.3 is 4.74 Å². The number of aromatic amines is 1. The molecule has 0 bridgehead atoms. The van der Waals surface area contributed by atoms with Crippen molar-refractivity contribution in [3.05, 3.63) is 10.6 Å². The Bertz CT molecular complexity index is 296. The zero-order valence-electron chi connectivity index (χ0n) is 9.32. The monoisotopic (exact) mass is 218 g/mol. The van der Waals surface area contributed by atoms with E-state index in [1.165, 1.54) is 5.01 Å². The van der Waals surface area contributed by atoms with Crippen molar-refractivity contribution in [3.63, 3.8) is 0 Å². The third-order valence-electron chi connectivity index (χ3n) is 1.45. The molecule has 0 radical (unpaired) electrons. The van der Waals surface area contributed by atoms with Gasteiger partial charge in [-0.05, 0) is 11.6 Å². The molecule has 0 amide bonds. The van der Waals surface area contributed by atoms with E-state index in [-0.39, 0.29) is 5.95 Å². The molecule has 0 fully saturated rings. The van der Waals surface area contributed by atoms with Crippen LogP contribution in [0.25, 0.3) is 0 Å². The minimum absolute atomic E-state index is 0.223. The van der Waals surface area contributed by atoms with Gasteiger partial charge in [-0.15, -0.1) is 0 Å². The van der Waals surface area contributed by atoms with E-state index in [0.29, 0.717) is 13.2 Å². The maximum Gasteiger partial charge on any atom is 0.440 e. The third kappa shape index (κ3) is 5.18. The summed E-state index contributed by atoms with van der Waals surface area (Å²) in [7, 11) is 1.61. The fourth-order valence-electron chi connectivity index (χ4n) is 0.831. The molecule has 0 aliphatic rings. The fourth-order valence-corrected chi connectivity index (χ4v) is 0.831. The number of methoxy groups -OCH3 is 1. The molecule has 7 nitrogen and oxygen atoms in total. The Morgan fingerprint density at radius 3 is 2.73 bits per heavy atom. The number of hydrogen-bond donors (Lipinski definition) is 2. The van der Waals surface area contributed by atoms with Crippen LogP contribution >= 0.6 is 0 Å². The molecule has 0 unspecified atom stereocenters. The summed E-state index contributed by atoms with van der Waals surface area (Å²) in [6.07, 6.45) is 0.752. The molecule has 0 saturated heterocycles. The number of rotatable bonds is 5. The van der Waals surface area contributed by atoms with E-state index in [1.807, 2.05) is 13.8 Å². The minimum Gasteiger partial charge on any atom is -0.385 e. The third-order valence-corrected chi connectivity index (χ3v) is 1.45. The molecule has 3 N–H and O–H groups in total. The fraction of sp³-hybridized carbons (Fsp3) is 0.750. The van der Waals surface area contributed by atoms with Gasteiger partial charge in [0.1, 0.15) is 0 Å². The van der Waals surface area contributed by atoms with E-state index in [2.05, 4.69) is 14.7 Å². The molecule has 88 valence electrons. The number of nitrogens with zero attached hydrogens (tertiary/aromatic N) is 2. The zero-order valence-corrected chi connectivity index (χ0v) is 9.32. The molecule has 0 aliphatic heterocycles. The predicted molar refractivity (Wildman–Crippen MR) is 56.5 cm³/mol. The normalized spacial score (nSPS) is 9.33. The number of nitrogens with two attached hydrogens (primary N) is 1. The number of ether oxygens (including phenoxy) is 1.